The summed E-state index contributed by atoms with van der Waals surface area (Å²) in [7, 11) is 1.69. The molecule has 3 heterocycles. The highest BCUT2D eigenvalue weighted by Gasteiger charge is 2.26. The number of nitrogens with one attached hydrogen (secondary N) is 1. The van der Waals surface area contributed by atoms with Gasteiger partial charge in [-0.05, 0) is 42.8 Å². The standard InChI is InChI=1S/C18H20N4O/c1-23-15-2-3-16-17(10-15)21-18(20-16)14-6-9-22(12-14)11-13-4-7-19-8-5-13/h2-5,7-8,10,14H,6,9,11-12H2,1H3,(H,20,21). The van der Waals surface area contributed by atoms with E-state index < -0.39 is 0 Å². The van der Waals surface area contributed by atoms with Crippen molar-refractivity contribution >= 4 is 11.0 Å². The van der Waals surface area contributed by atoms with E-state index in [-0.39, 0.29) is 0 Å². The minimum Gasteiger partial charge on any atom is -0.497 e. The van der Waals surface area contributed by atoms with E-state index in [9.17, 15) is 0 Å². The maximum absolute atomic E-state index is 5.28. The number of rotatable bonds is 4. The molecule has 118 valence electrons. The van der Waals surface area contributed by atoms with Crippen molar-refractivity contribution in [1.82, 2.24) is 19.9 Å². The summed E-state index contributed by atoms with van der Waals surface area (Å²) in [6.45, 7) is 3.12. The van der Waals surface area contributed by atoms with Crippen molar-refractivity contribution in [3.8, 4) is 5.75 Å². The van der Waals surface area contributed by atoms with Gasteiger partial charge in [0.1, 0.15) is 11.6 Å². The lowest BCUT2D eigenvalue weighted by Crippen LogP contribution is -2.19. The van der Waals surface area contributed by atoms with Crippen LogP contribution in [0.5, 0.6) is 5.75 Å². The predicted molar refractivity (Wildman–Crippen MR) is 89.5 cm³/mol. The molecule has 2 aromatic heterocycles. The fraction of sp³-hybridized carbons (Fsp3) is 0.333. The molecule has 1 aromatic carbocycles. The number of likely N-dealkylation sites (tertiary alicyclic amines) is 1. The SMILES string of the molecule is COc1ccc2nc(C3CCN(Cc4ccncc4)C3)[nH]c2c1. The Labute approximate surface area is 135 Å². The number of ether oxygens (including phenoxy) is 1. The topological polar surface area (TPSA) is 54.0 Å². The zero-order valence-corrected chi connectivity index (χ0v) is 13.2. The molecule has 1 atom stereocenters. The first-order valence-corrected chi connectivity index (χ1v) is 7.97. The highest BCUT2D eigenvalue weighted by molar-refractivity contribution is 5.76. The predicted octanol–water partition coefficient (Wildman–Crippen LogP) is 2.96. The third-order valence-corrected chi connectivity index (χ3v) is 4.52. The number of hydrogen-bond acceptors (Lipinski definition) is 4. The largest absolute Gasteiger partial charge is 0.497 e. The fourth-order valence-electron chi connectivity index (χ4n) is 3.27. The lowest BCUT2D eigenvalue weighted by molar-refractivity contribution is 0.326. The van der Waals surface area contributed by atoms with Crippen LogP contribution in [-0.2, 0) is 6.54 Å². The molecule has 0 amide bonds. The molecule has 1 unspecified atom stereocenters. The Morgan fingerprint density at radius 3 is 2.96 bits per heavy atom. The van der Waals surface area contributed by atoms with Crippen molar-refractivity contribution in [3.63, 3.8) is 0 Å². The van der Waals surface area contributed by atoms with E-state index in [0.29, 0.717) is 5.92 Å². The van der Waals surface area contributed by atoms with E-state index >= 15 is 0 Å². The molecule has 1 aliphatic rings. The van der Waals surface area contributed by atoms with Crippen LogP contribution in [0, 0.1) is 0 Å². The Balaban J connectivity index is 1.49. The molecule has 3 aromatic rings. The molecule has 1 N–H and O–H groups in total. The molecule has 1 fully saturated rings. The van der Waals surface area contributed by atoms with Gasteiger partial charge in [0, 0.05) is 37.5 Å². The van der Waals surface area contributed by atoms with E-state index in [1.165, 1.54) is 5.56 Å². The highest BCUT2D eigenvalue weighted by Crippen LogP contribution is 2.28. The van der Waals surface area contributed by atoms with Gasteiger partial charge >= 0.3 is 0 Å². The third-order valence-electron chi connectivity index (χ3n) is 4.52. The summed E-state index contributed by atoms with van der Waals surface area (Å²) in [5.74, 6) is 2.42. The first kappa shape index (κ1) is 14.2. The number of aromatic amines is 1. The fourth-order valence-corrected chi connectivity index (χ4v) is 3.27. The number of nitrogens with zero attached hydrogens (tertiary/aromatic N) is 3. The number of aromatic nitrogens is 3. The molecule has 5 nitrogen and oxygen atoms in total. The van der Waals surface area contributed by atoms with Gasteiger partial charge in [-0.3, -0.25) is 9.88 Å². The van der Waals surface area contributed by atoms with Gasteiger partial charge in [0.2, 0.25) is 0 Å². The van der Waals surface area contributed by atoms with Crippen molar-refractivity contribution < 1.29 is 4.74 Å². The van der Waals surface area contributed by atoms with Gasteiger partial charge in [0.15, 0.2) is 0 Å². The normalized spacial score (nSPS) is 18.6. The molecule has 0 spiro atoms. The maximum Gasteiger partial charge on any atom is 0.121 e. The first-order chi connectivity index (χ1) is 11.3. The molecule has 5 heteroatoms. The van der Waals surface area contributed by atoms with Crippen molar-refractivity contribution in [1.29, 1.82) is 0 Å². The number of methoxy groups -OCH3 is 1. The van der Waals surface area contributed by atoms with E-state index in [1.807, 2.05) is 30.6 Å². The summed E-state index contributed by atoms with van der Waals surface area (Å²) in [5.41, 5.74) is 3.37. The quantitative estimate of drug-likeness (QED) is 0.805. The maximum atomic E-state index is 5.28. The first-order valence-electron chi connectivity index (χ1n) is 7.97. The van der Waals surface area contributed by atoms with Gasteiger partial charge in [0.25, 0.3) is 0 Å². The zero-order valence-electron chi connectivity index (χ0n) is 13.2. The number of benzene rings is 1. The summed E-state index contributed by atoms with van der Waals surface area (Å²) >= 11 is 0. The minimum atomic E-state index is 0.468. The lowest BCUT2D eigenvalue weighted by Gasteiger charge is -2.15. The Bertz CT molecular complexity index is 799. The van der Waals surface area contributed by atoms with Crippen LogP contribution in [0.1, 0.15) is 23.7 Å². The van der Waals surface area contributed by atoms with Crippen molar-refractivity contribution in [3.05, 3.63) is 54.1 Å². The highest BCUT2D eigenvalue weighted by atomic mass is 16.5. The lowest BCUT2D eigenvalue weighted by atomic mass is 10.1. The second-order valence-electron chi connectivity index (χ2n) is 6.08. The molecular weight excluding hydrogens is 288 g/mol. The molecule has 1 saturated heterocycles. The van der Waals surface area contributed by atoms with Crippen LogP contribution < -0.4 is 4.74 Å². The van der Waals surface area contributed by atoms with E-state index in [4.69, 9.17) is 9.72 Å². The average Bonchev–Trinajstić information content (AvgIpc) is 3.21. The second-order valence-corrected chi connectivity index (χ2v) is 6.08. The van der Waals surface area contributed by atoms with Gasteiger partial charge in [-0.25, -0.2) is 4.98 Å². The van der Waals surface area contributed by atoms with Crippen LogP contribution in [0.4, 0.5) is 0 Å². The molecule has 0 bridgehead atoms. The van der Waals surface area contributed by atoms with Crippen molar-refractivity contribution in [2.75, 3.05) is 20.2 Å². The smallest absolute Gasteiger partial charge is 0.121 e. The summed E-state index contributed by atoms with van der Waals surface area (Å²) in [5, 5.41) is 0. The van der Waals surface area contributed by atoms with Gasteiger partial charge in [-0.15, -0.1) is 0 Å². The number of imidazole rings is 1. The molecule has 1 aliphatic heterocycles. The van der Waals surface area contributed by atoms with Gasteiger partial charge < -0.3 is 9.72 Å². The summed E-state index contributed by atoms with van der Waals surface area (Å²) < 4.78 is 5.28. The van der Waals surface area contributed by atoms with Crippen LogP contribution in [-0.4, -0.2) is 40.1 Å². The van der Waals surface area contributed by atoms with E-state index in [1.54, 1.807) is 7.11 Å². The Kier molecular flexibility index (Phi) is 3.71. The molecular formula is C18H20N4O. The Morgan fingerprint density at radius 2 is 2.13 bits per heavy atom. The van der Waals surface area contributed by atoms with Gasteiger partial charge in [-0.1, -0.05) is 0 Å². The van der Waals surface area contributed by atoms with E-state index in [2.05, 4.69) is 27.0 Å². The monoisotopic (exact) mass is 308 g/mol. The number of fused-ring (bicyclic) bond motifs is 1. The van der Waals surface area contributed by atoms with Crippen molar-refractivity contribution in [2.45, 2.75) is 18.9 Å². The second kappa shape index (κ2) is 6.01. The van der Waals surface area contributed by atoms with Crippen LogP contribution in [0.15, 0.2) is 42.7 Å². The molecule has 23 heavy (non-hydrogen) atoms. The minimum absolute atomic E-state index is 0.468. The van der Waals surface area contributed by atoms with Crippen LogP contribution in [0.2, 0.25) is 0 Å². The summed E-state index contributed by atoms with van der Waals surface area (Å²) in [4.78, 5) is 14.8. The summed E-state index contributed by atoms with van der Waals surface area (Å²) in [6.07, 6.45) is 4.85. The van der Waals surface area contributed by atoms with Crippen LogP contribution in [0.25, 0.3) is 11.0 Å². The van der Waals surface area contributed by atoms with Crippen LogP contribution in [0.3, 0.4) is 0 Å². The van der Waals surface area contributed by atoms with Crippen LogP contribution >= 0.6 is 0 Å². The molecule has 0 radical (unpaired) electrons. The Morgan fingerprint density at radius 1 is 1.26 bits per heavy atom. The van der Waals surface area contributed by atoms with Crippen molar-refractivity contribution in [2.24, 2.45) is 0 Å². The zero-order chi connectivity index (χ0) is 15.6. The van der Waals surface area contributed by atoms with Gasteiger partial charge in [-0.2, -0.15) is 0 Å². The number of hydrogen-bond donors (Lipinski definition) is 1. The molecule has 4 rings (SSSR count). The molecule has 0 saturated carbocycles. The Hall–Kier alpha value is -2.40. The average molecular weight is 308 g/mol. The molecule has 0 aliphatic carbocycles. The third kappa shape index (κ3) is 2.92. The van der Waals surface area contributed by atoms with Gasteiger partial charge in [0.05, 0.1) is 18.1 Å². The van der Waals surface area contributed by atoms with E-state index in [0.717, 1.165) is 48.7 Å². The number of pyridine rings is 1. The summed E-state index contributed by atoms with van der Waals surface area (Å²) in [6, 6.07) is 10.1. The number of H-pyrrole nitrogens is 1.